The minimum atomic E-state index is -0.367. The predicted molar refractivity (Wildman–Crippen MR) is 70.0 cm³/mol. The van der Waals surface area contributed by atoms with E-state index in [2.05, 4.69) is 5.10 Å². The molecule has 1 aliphatic heterocycles. The smallest absolute Gasteiger partial charge is 0.274 e. The number of amides is 1. The molecular weight excluding hydrogens is 246 g/mol. The van der Waals surface area contributed by atoms with E-state index in [1.807, 2.05) is 20.8 Å². The minimum absolute atomic E-state index is 0.0137. The van der Waals surface area contributed by atoms with Gasteiger partial charge in [0, 0.05) is 26.2 Å². The topological polar surface area (TPSA) is 64.4 Å². The summed E-state index contributed by atoms with van der Waals surface area (Å²) in [4.78, 5) is 25.4. The highest BCUT2D eigenvalue weighted by Crippen LogP contribution is 2.21. The Labute approximate surface area is 112 Å². The summed E-state index contributed by atoms with van der Waals surface area (Å²) >= 11 is 0. The van der Waals surface area contributed by atoms with Crippen LogP contribution < -0.4 is 5.56 Å². The van der Waals surface area contributed by atoms with Crippen LogP contribution in [0.5, 0.6) is 0 Å². The first-order valence-electron chi connectivity index (χ1n) is 6.30. The molecule has 1 unspecified atom stereocenters. The Kier molecular flexibility index (Phi) is 3.45. The second-order valence-electron chi connectivity index (χ2n) is 5.55. The Morgan fingerprint density at radius 1 is 1.47 bits per heavy atom. The molecule has 1 amide bonds. The van der Waals surface area contributed by atoms with Crippen molar-refractivity contribution in [2.24, 2.45) is 7.05 Å². The monoisotopic (exact) mass is 265 g/mol. The van der Waals surface area contributed by atoms with Crippen LogP contribution in [0.1, 0.15) is 31.3 Å². The van der Waals surface area contributed by atoms with E-state index >= 15 is 0 Å². The summed E-state index contributed by atoms with van der Waals surface area (Å²) in [5.41, 5.74) is -0.312. The molecule has 0 bridgehead atoms. The fraction of sp³-hybridized carbons (Fsp3) is 0.615. The Hall–Kier alpha value is -1.69. The van der Waals surface area contributed by atoms with Gasteiger partial charge in [-0.2, -0.15) is 5.10 Å². The van der Waals surface area contributed by atoms with E-state index in [0.717, 1.165) is 0 Å². The van der Waals surface area contributed by atoms with E-state index in [-0.39, 0.29) is 28.9 Å². The Morgan fingerprint density at radius 3 is 2.74 bits per heavy atom. The molecule has 1 aliphatic rings. The molecule has 0 saturated carbocycles. The molecule has 6 heteroatoms. The van der Waals surface area contributed by atoms with Crippen molar-refractivity contribution in [1.29, 1.82) is 0 Å². The Balaban J connectivity index is 2.23. The van der Waals surface area contributed by atoms with Crippen molar-refractivity contribution in [3.8, 4) is 0 Å². The van der Waals surface area contributed by atoms with Gasteiger partial charge in [-0.3, -0.25) is 9.59 Å². The van der Waals surface area contributed by atoms with Crippen LogP contribution in [0.15, 0.2) is 16.9 Å². The summed E-state index contributed by atoms with van der Waals surface area (Å²) in [5.74, 6) is -0.168. The second-order valence-corrected chi connectivity index (χ2v) is 5.55. The maximum Gasteiger partial charge on any atom is 0.274 e. The molecule has 2 rings (SSSR count). The van der Waals surface area contributed by atoms with Crippen molar-refractivity contribution in [2.75, 3.05) is 13.1 Å². The molecule has 0 radical (unpaired) electrons. The summed E-state index contributed by atoms with van der Waals surface area (Å²) in [6.07, 6.45) is -0.0137. The van der Waals surface area contributed by atoms with Gasteiger partial charge >= 0.3 is 0 Å². The van der Waals surface area contributed by atoms with Gasteiger partial charge in [-0.25, -0.2) is 4.68 Å². The SMILES string of the molecule is CC1CN(C(=O)c2ccc(=O)n(C)n2)CC(C)(C)O1. The van der Waals surface area contributed by atoms with Crippen LogP contribution in [0.2, 0.25) is 0 Å². The Bertz CT molecular complexity index is 550. The summed E-state index contributed by atoms with van der Waals surface area (Å²) in [7, 11) is 1.53. The van der Waals surface area contributed by atoms with Crippen molar-refractivity contribution in [2.45, 2.75) is 32.5 Å². The molecular formula is C13H19N3O3. The molecule has 0 aromatic carbocycles. The van der Waals surface area contributed by atoms with E-state index in [1.54, 1.807) is 4.90 Å². The zero-order chi connectivity index (χ0) is 14.2. The van der Waals surface area contributed by atoms with Gasteiger partial charge in [-0.05, 0) is 26.8 Å². The number of hydrogen-bond donors (Lipinski definition) is 0. The van der Waals surface area contributed by atoms with Gasteiger partial charge in [0.25, 0.3) is 11.5 Å². The fourth-order valence-corrected chi connectivity index (χ4v) is 2.39. The van der Waals surface area contributed by atoms with Crippen LogP contribution in [0.25, 0.3) is 0 Å². The van der Waals surface area contributed by atoms with Gasteiger partial charge < -0.3 is 9.64 Å². The molecule has 1 aromatic heterocycles. The molecule has 2 heterocycles. The number of hydrogen-bond acceptors (Lipinski definition) is 4. The lowest BCUT2D eigenvalue weighted by atomic mass is 10.1. The van der Waals surface area contributed by atoms with Crippen LogP contribution in [0.3, 0.4) is 0 Å². The van der Waals surface area contributed by atoms with Gasteiger partial charge in [-0.1, -0.05) is 0 Å². The highest BCUT2D eigenvalue weighted by molar-refractivity contribution is 5.92. The minimum Gasteiger partial charge on any atom is -0.369 e. The first kappa shape index (κ1) is 13.7. The van der Waals surface area contributed by atoms with Crippen LogP contribution in [-0.2, 0) is 11.8 Å². The summed E-state index contributed by atoms with van der Waals surface area (Å²) in [6, 6.07) is 2.83. The summed E-state index contributed by atoms with van der Waals surface area (Å²) in [6.45, 7) is 6.90. The number of nitrogens with zero attached hydrogens (tertiary/aromatic N) is 3. The van der Waals surface area contributed by atoms with Gasteiger partial charge in [0.15, 0.2) is 0 Å². The van der Waals surface area contributed by atoms with E-state index in [9.17, 15) is 9.59 Å². The highest BCUT2D eigenvalue weighted by atomic mass is 16.5. The van der Waals surface area contributed by atoms with E-state index in [4.69, 9.17) is 4.74 Å². The number of aryl methyl sites for hydroxylation is 1. The molecule has 1 fully saturated rings. The quantitative estimate of drug-likeness (QED) is 0.738. The Morgan fingerprint density at radius 2 is 2.16 bits per heavy atom. The number of carbonyl (C=O) groups is 1. The molecule has 0 N–H and O–H groups in total. The molecule has 19 heavy (non-hydrogen) atoms. The fourth-order valence-electron chi connectivity index (χ4n) is 2.39. The van der Waals surface area contributed by atoms with Crippen LogP contribution in [0.4, 0.5) is 0 Å². The molecule has 1 aromatic rings. The zero-order valence-corrected chi connectivity index (χ0v) is 11.7. The second kappa shape index (κ2) is 4.77. The van der Waals surface area contributed by atoms with Crippen molar-refractivity contribution >= 4 is 5.91 Å². The average molecular weight is 265 g/mol. The molecule has 1 atom stereocenters. The molecule has 0 spiro atoms. The maximum atomic E-state index is 12.4. The van der Waals surface area contributed by atoms with Gasteiger partial charge in [-0.15, -0.1) is 0 Å². The molecule has 6 nitrogen and oxygen atoms in total. The lowest BCUT2D eigenvalue weighted by molar-refractivity contribution is -0.119. The molecule has 0 aliphatic carbocycles. The van der Waals surface area contributed by atoms with E-state index < -0.39 is 0 Å². The molecule has 1 saturated heterocycles. The standard InChI is InChI=1S/C13H19N3O3/c1-9-7-16(8-13(2,3)19-9)12(18)10-5-6-11(17)15(4)14-10/h5-6,9H,7-8H2,1-4H3. The summed E-state index contributed by atoms with van der Waals surface area (Å²) in [5, 5.41) is 3.99. The first-order chi connectivity index (χ1) is 8.78. The van der Waals surface area contributed by atoms with E-state index in [1.165, 1.54) is 23.9 Å². The lowest BCUT2D eigenvalue weighted by Gasteiger charge is -2.41. The normalized spacial score (nSPS) is 22.3. The highest BCUT2D eigenvalue weighted by Gasteiger charge is 2.34. The number of morpholine rings is 1. The zero-order valence-electron chi connectivity index (χ0n) is 11.7. The van der Waals surface area contributed by atoms with Gasteiger partial charge in [0.05, 0.1) is 11.7 Å². The lowest BCUT2D eigenvalue weighted by Crippen LogP contribution is -2.54. The van der Waals surface area contributed by atoms with Crippen molar-refractivity contribution in [3.63, 3.8) is 0 Å². The number of rotatable bonds is 1. The summed E-state index contributed by atoms with van der Waals surface area (Å²) < 4.78 is 6.93. The van der Waals surface area contributed by atoms with Crippen molar-refractivity contribution in [1.82, 2.24) is 14.7 Å². The third-order valence-electron chi connectivity index (χ3n) is 3.04. The third kappa shape index (κ3) is 3.01. The molecule has 104 valence electrons. The van der Waals surface area contributed by atoms with Crippen LogP contribution >= 0.6 is 0 Å². The number of carbonyl (C=O) groups excluding carboxylic acids is 1. The third-order valence-corrected chi connectivity index (χ3v) is 3.04. The van der Waals surface area contributed by atoms with Crippen LogP contribution in [0, 0.1) is 0 Å². The van der Waals surface area contributed by atoms with Crippen molar-refractivity contribution in [3.05, 3.63) is 28.2 Å². The first-order valence-corrected chi connectivity index (χ1v) is 6.30. The maximum absolute atomic E-state index is 12.4. The largest absolute Gasteiger partial charge is 0.369 e. The van der Waals surface area contributed by atoms with Crippen molar-refractivity contribution < 1.29 is 9.53 Å². The van der Waals surface area contributed by atoms with Gasteiger partial charge in [0.1, 0.15) is 5.69 Å². The number of ether oxygens (including phenoxy) is 1. The number of aromatic nitrogens is 2. The van der Waals surface area contributed by atoms with Crippen LogP contribution in [-0.4, -0.2) is 45.4 Å². The predicted octanol–water partition coefficient (Wildman–Crippen LogP) is 0.420. The average Bonchev–Trinajstić information content (AvgIpc) is 2.29. The van der Waals surface area contributed by atoms with E-state index in [0.29, 0.717) is 13.1 Å². The van der Waals surface area contributed by atoms with Gasteiger partial charge in [0.2, 0.25) is 0 Å².